The van der Waals surface area contributed by atoms with Gasteiger partial charge >= 0.3 is 11.7 Å². The number of pyridine rings is 1. The van der Waals surface area contributed by atoms with E-state index in [4.69, 9.17) is 4.74 Å². The Bertz CT molecular complexity index is 1540. The molecule has 1 atom stereocenters. The molecule has 0 saturated carbocycles. The summed E-state index contributed by atoms with van der Waals surface area (Å²) in [6.07, 6.45) is 0.0839. The van der Waals surface area contributed by atoms with Crippen molar-refractivity contribution in [2.75, 3.05) is 6.61 Å². The molecule has 10 heteroatoms. The van der Waals surface area contributed by atoms with Crippen LogP contribution in [0.4, 0.5) is 4.39 Å². The molecule has 3 aromatic heterocycles. The maximum absolute atomic E-state index is 14.0. The summed E-state index contributed by atoms with van der Waals surface area (Å²) in [6.45, 7) is 5.86. The van der Waals surface area contributed by atoms with E-state index in [0.717, 1.165) is 15.9 Å². The molecule has 1 aromatic carbocycles. The summed E-state index contributed by atoms with van der Waals surface area (Å²) in [7, 11) is 1.35. The zero-order valence-corrected chi connectivity index (χ0v) is 20.0. The highest BCUT2D eigenvalue weighted by molar-refractivity contribution is 7.19. The molecular weight excluding hydrogens is 461 g/mol. The lowest BCUT2D eigenvalue weighted by Crippen LogP contribution is -2.38. The Morgan fingerprint density at radius 2 is 2.00 bits per heavy atom. The van der Waals surface area contributed by atoms with Crippen LogP contribution in [0.5, 0.6) is 0 Å². The number of ether oxygens (including phenoxy) is 1. The predicted molar refractivity (Wildman–Crippen MR) is 128 cm³/mol. The number of carbonyl (C=O) groups is 1. The lowest BCUT2D eigenvalue weighted by molar-refractivity contribution is 0.0524. The lowest BCUT2D eigenvalue weighted by Gasteiger charge is -2.14. The summed E-state index contributed by atoms with van der Waals surface area (Å²) >= 11 is 0.984. The van der Waals surface area contributed by atoms with Crippen LogP contribution in [-0.2, 0) is 18.3 Å². The molecular formula is C24H24FN3O5S. The maximum atomic E-state index is 14.0. The Labute approximate surface area is 197 Å². The fraction of sp³-hybridized carbons (Fsp3) is 0.333. The van der Waals surface area contributed by atoms with Crippen molar-refractivity contribution in [1.29, 1.82) is 0 Å². The first-order valence-corrected chi connectivity index (χ1v) is 11.6. The van der Waals surface area contributed by atoms with E-state index in [9.17, 15) is 23.9 Å². The number of fused-ring (bicyclic) bond motifs is 2. The molecule has 0 amide bonds. The largest absolute Gasteiger partial charge is 0.462 e. The minimum atomic E-state index is -1.39. The van der Waals surface area contributed by atoms with Crippen molar-refractivity contribution in [2.24, 2.45) is 13.0 Å². The molecule has 1 unspecified atom stereocenters. The molecule has 0 aliphatic rings. The van der Waals surface area contributed by atoms with Gasteiger partial charge in [-0.2, -0.15) is 0 Å². The summed E-state index contributed by atoms with van der Waals surface area (Å²) in [6, 6.07) is 5.55. The third kappa shape index (κ3) is 3.92. The number of hydrogen-bond acceptors (Lipinski definition) is 7. The number of rotatable bonds is 6. The Morgan fingerprint density at radius 3 is 2.68 bits per heavy atom. The molecule has 0 saturated heterocycles. The van der Waals surface area contributed by atoms with Gasteiger partial charge in [-0.25, -0.2) is 14.0 Å². The molecule has 0 fully saturated rings. The van der Waals surface area contributed by atoms with Gasteiger partial charge in [-0.15, -0.1) is 11.3 Å². The highest BCUT2D eigenvalue weighted by Crippen LogP contribution is 2.38. The average Bonchev–Trinajstić information content (AvgIpc) is 3.20. The second-order valence-corrected chi connectivity index (χ2v) is 9.39. The molecule has 0 spiro atoms. The molecule has 8 nitrogen and oxygen atoms in total. The molecule has 1 N–H and O–H groups in total. The van der Waals surface area contributed by atoms with E-state index in [2.05, 4.69) is 4.98 Å². The first-order valence-electron chi connectivity index (χ1n) is 10.8. The van der Waals surface area contributed by atoms with E-state index in [-0.39, 0.29) is 33.2 Å². The summed E-state index contributed by atoms with van der Waals surface area (Å²) in [5.41, 5.74) is -0.474. The van der Waals surface area contributed by atoms with Gasteiger partial charge in [-0.3, -0.25) is 18.9 Å². The van der Waals surface area contributed by atoms with Gasteiger partial charge in [-0.1, -0.05) is 13.8 Å². The molecule has 3 heterocycles. The fourth-order valence-electron chi connectivity index (χ4n) is 3.99. The molecule has 0 aliphatic carbocycles. The molecule has 4 rings (SSSR count). The molecule has 178 valence electrons. The van der Waals surface area contributed by atoms with Gasteiger partial charge in [0.25, 0.3) is 5.56 Å². The number of nitrogens with zero attached hydrogens (tertiary/aromatic N) is 3. The Morgan fingerprint density at radius 1 is 1.26 bits per heavy atom. The molecule has 0 aliphatic heterocycles. The van der Waals surface area contributed by atoms with Crippen LogP contribution in [-0.4, -0.2) is 31.8 Å². The molecule has 34 heavy (non-hydrogen) atoms. The third-order valence-corrected chi connectivity index (χ3v) is 6.77. The molecule has 0 radical (unpaired) electrons. The quantitative estimate of drug-likeness (QED) is 0.420. The second-order valence-electron chi connectivity index (χ2n) is 8.36. The number of aliphatic hydroxyl groups excluding tert-OH is 1. The first kappa shape index (κ1) is 23.8. The van der Waals surface area contributed by atoms with Crippen molar-refractivity contribution in [2.45, 2.75) is 33.4 Å². The van der Waals surface area contributed by atoms with E-state index in [1.807, 2.05) is 13.8 Å². The Balaban J connectivity index is 2.09. The van der Waals surface area contributed by atoms with Crippen LogP contribution in [0.3, 0.4) is 0 Å². The number of hydrogen-bond donors (Lipinski definition) is 1. The number of halogens is 1. The van der Waals surface area contributed by atoms with Crippen LogP contribution >= 0.6 is 11.3 Å². The number of aliphatic hydroxyl groups is 1. The average molecular weight is 486 g/mol. The minimum absolute atomic E-state index is 0.0183. The van der Waals surface area contributed by atoms with Crippen molar-refractivity contribution >= 4 is 38.4 Å². The number of thiophene rings is 1. The van der Waals surface area contributed by atoms with E-state index in [1.54, 1.807) is 6.92 Å². The van der Waals surface area contributed by atoms with Crippen molar-refractivity contribution in [3.8, 4) is 0 Å². The van der Waals surface area contributed by atoms with Crippen molar-refractivity contribution < 1.29 is 19.0 Å². The second kappa shape index (κ2) is 9.11. The van der Waals surface area contributed by atoms with Crippen LogP contribution in [0, 0.1) is 11.7 Å². The van der Waals surface area contributed by atoms with Crippen molar-refractivity contribution in [3.05, 3.63) is 73.1 Å². The normalized spacial score (nSPS) is 12.6. The van der Waals surface area contributed by atoms with Gasteiger partial charge in [0.1, 0.15) is 16.8 Å². The third-order valence-electron chi connectivity index (χ3n) is 5.51. The van der Waals surface area contributed by atoms with Gasteiger partial charge in [0.2, 0.25) is 0 Å². The van der Waals surface area contributed by atoms with E-state index < -0.39 is 29.1 Å². The van der Waals surface area contributed by atoms with Gasteiger partial charge in [0.15, 0.2) is 0 Å². The highest BCUT2D eigenvalue weighted by Gasteiger charge is 2.31. The number of aromatic nitrogens is 3. The van der Waals surface area contributed by atoms with Crippen molar-refractivity contribution in [3.63, 3.8) is 0 Å². The summed E-state index contributed by atoms with van der Waals surface area (Å²) in [4.78, 5) is 43.7. The van der Waals surface area contributed by atoms with Crippen LogP contribution in [0.25, 0.3) is 21.1 Å². The summed E-state index contributed by atoms with van der Waals surface area (Å²) in [5.74, 6) is -1.21. The predicted octanol–water partition coefficient (Wildman–Crippen LogP) is 3.36. The van der Waals surface area contributed by atoms with Crippen molar-refractivity contribution in [1.82, 2.24) is 14.1 Å². The van der Waals surface area contributed by atoms with E-state index >= 15 is 0 Å². The molecule has 4 aromatic rings. The standard InChI is InChI=1S/C24H24FN3O5S/c1-5-33-23(31)17-18-21(30)27(4)24(32)28(11-12(2)3)22(18)34-20(17)19(29)14-8-9-26-16-7-6-13(25)10-15(14)16/h6-10,12,19,29H,5,11H2,1-4H3. The lowest BCUT2D eigenvalue weighted by atomic mass is 10.00. The van der Waals surface area contributed by atoms with Gasteiger partial charge in [0.05, 0.1) is 28.0 Å². The Hall–Kier alpha value is -3.37. The maximum Gasteiger partial charge on any atom is 0.340 e. The fourth-order valence-corrected chi connectivity index (χ4v) is 5.28. The van der Waals surface area contributed by atoms with Crippen LogP contribution in [0.15, 0.2) is 40.1 Å². The van der Waals surface area contributed by atoms with Crippen LogP contribution in [0.1, 0.15) is 47.7 Å². The number of carbonyl (C=O) groups excluding carboxylic acids is 1. The van der Waals surface area contributed by atoms with Gasteiger partial charge < -0.3 is 9.84 Å². The van der Waals surface area contributed by atoms with E-state index in [0.29, 0.717) is 23.0 Å². The summed E-state index contributed by atoms with van der Waals surface area (Å²) in [5, 5.41) is 11.8. The topological polar surface area (TPSA) is 103 Å². The zero-order chi connectivity index (χ0) is 24.7. The van der Waals surface area contributed by atoms with Gasteiger partial charge in [0, 0.05) is 25.2 Å². The number of benzene rings is 1. The zero-order valence-electron chi connectivity index (χ0n) is 19.2. The van der Waals surface area contributed by atoms with Crippen LogP contribution < -0.4 is 11.2 Å². The monoisotopic (exact) mass is 485 g/mol. The van der Waals surface area contributed by atoms with E-state index in [1.165, 1.54) is 42.1 Å². The number of esters is 1. The Kier molecular flexibility index (Phi) is 6.37. The smallest absolute Gasteiger partial charge is 0.340 e. The molecule has 0 bridgehead atoms. The summed E-state index contributed by atoms with van der Waals surface area (Å²) < 4.78 is 21.6. The first-order chi connectivity index (χ1) is 16.1. The minimum Gasteiger partial charge on any atom is -0.462 e. The highest BCUT2D eigenvalue weighted by atomic mass is 32.1. The SMILES string of the molecule is CCOC(=O)c1c(C(O)c2ccnc3ccc(F)cc23)sc2c1c(=O)n(C)c(=O)n2CC(C)C. The van der Waals surface area contributed by atoms with Gasteiger partial charge in [-0.05, 0) is 42.7 Å². The van der Waals surface area contributed by atoms with Crippen LogP contribution in [0.2, 0.25) is 0 Å².